The highest BCUT2D eigenvalue weighted by atomic mass is 16.6. The van der Waals surface area contributed by atoms with Crippen molar-refractivity contribution in [1.29, 1.82) is 0 Å². The van der Waals surface area contributed by atoms with Crippen LogP contribution in [0.4, 0.5) is 9.59 Å². The van der Waals surface area contributed by atoms with Crippen molar-refractivity contribution in [3.8, 4) is 0 Å². The van der Waals surface area contributed by atoms with Crippen LogP contribution in [0.3, 0.4) is 0 Å². The number of aliphatic hydroxyl groups is 1. The van der Waals surface area contributed by atoms with Gasteiger partial charge in [-0.3, -0.25) is 14.4 Å². The molecule has 0 unspecified atom stereocenters. The van der Waals surface area contributed by atoms with Crippen molar-refractivity contribution in [3.05, 3.63) is 72.3 Å². The molecule has 2 aliphatic rings. The van der Waals surface area contributed by atoms with Crippen molar-refractivity contribution < 1.29 is 38.6 Å². The molecular weight excluding hydrogens is 795 g/mol. The van der Waals surface area contributed by atoms with E-state index >= 15 is 0 Å². The first-order valence-electron chi connectivity index (χ1n) is 22.1. The van der Waals surface area contributed by atoms with Gasteiger partial charge >= 0.3 is 12.2 Å². The van der Waals surface area contributed by atoms with Crippen LogP contribution >= 0.6 is 0 Å². The zero-order chi connectivity index (χ0) is 44.8. The molecule has 17 heteroatoms. The number of benzene rings is 1. The highest BCUT2D eigenvalue weighted by Gasteiger charge is 2.41. The molecule has 3 heterocycles. The highest BCUT2D eigenvalue weighted by Crippen LogP contribution is 2.29. The Morgan fingerprint density at radius 1 is 0.871 bits per heavy atom. The molecule has 5 amide bonds. The summed E-state index contributed by atoms with van der Waals surface area (Å²) < 4.78 is 11.5. The smallest absolute Gasteiger partial charge is 0.429 e. The van der Waals surface area contributed by atoms with Gasteiger partial charge in [-0.05, 0) is 63.9 Å². The third-order valence-corrected chi connectivity index (χ3v) is 11.5. The molecule has 1 saturated carbocycles. The number of hydrazine groups is 1. The molecular formula is C45H67N9O8. The molecule has 340 valence electrons. The zero-order valence-corrected chi connectivity index (χ0v) is 37.2. The van der Waals surface area contributed by atoms with Crippen LogP contribution in [0, 0.1) is 11.8 Å². The van der Waals surface area contributed by atoms with Gasteiger partial charge in [0.2, 0.25) is 5.91 Å². The topological polar surface area (TPSA) is 215 Å². The Hall–Kier alpha value is -5.45. The fraction of sp³-hybridized carbons (Fsp3) is 0.622. The van der Waals surface area contributed by atoms with E-state index in [1.165, 1.54) is 36.0 Å². The summed E-state index contributed by atoms with van der Waals surface area (Å²) >= 11 is 0. The maximum Gasteiger partial charge on any atom is 0.429 e. The number of rotatable bonds is 19. The predicted molar refractivity (Wildman–Crippen MR) is 231 cm³/mol. The van der Waals surface area contributed by atoms with Gasteiger partial charge < -0.3 is 40.1 Å². The molecule has 0 spiro atoms. The number of amides is 5. The van der Waals surface area contributed by atoms with Gasteiger partial charge in [-0.1, -0.05) is 76.3 Å². The molecule has 5 N–H and O–H groups in total. The molecule has 62 heavy (non-hydrogen) atoms. The summed E-state index contributed by atoms with van der Waals surface area (Å²) in [5, 5.41) is 19.6. The monoisotopic (exact) mass is 862 g/mol. The van der Waals surface area contributed by atoms with Crippen molar-refractivity contribution in [2.75, 3.05) is 20.1 Å². The normalized spacial score (nSPS) is 17.2. The van der Waals surface area contributed by atoms with Gasteiger partial charge in [0.25, 0.3) is 11.8 Å². The van der Waals surface area contributed by atoms with E-state index in [2.05, 4.69) is 44.4 Å². The minimum Gasteiger partial charge on any atom is -0.444 e. The number of carbonyl (C=O) groups excluding carboxylic acids is 5. The second-order valence-corrected chi connectivity index (χ2v) is 18.1. The van der Waals surface area contributed by atoms with Crippen LogP contribution in [0.15, 0.2) is 55.4 Å². The minimum absolute atomic E-state index is 0.0105. The first-order chi connectivity index (χ1) is 29.6. The summed E-state index contributed by atoms with van der Waals surface area (Å²) in [7, 11) is 1.50. The van der Waals surface area contributed by atoms with E-state index in [0.29, 0.717) is 48.0 Å². The lowest BCUT2D eigenvalue weighted by Crippen LogP contribution is -2.57. The number of aliphatic hydroxyl groups excluding tert-OH is 1. The van der Waals surface area contributed by atoms with Gasteiger partial charge in [0, 0.05) is 51.8 Å². The average Bonchev–Trinajstić information content (AvgIpc) is 4.05. The molecule has 17 nitrogen and oxygen atoms in total. The number of aromatic nitrogens is 4. The van der Waals surface area contributed by atoms with Gasteiger partial charge in [0.05, 0.1) is 36.2 Å². The molecule has 1 aromatic carbocycles. The molecule has 5 atom stereocenters. The Morgan fingerprint density at radius 3 is 2.13 bits per heavy atom. The summed E-state index contributed by atoms with van der Waals surface area (Å²) in [5.74, 6) is -0.936. The Kier molecular flexibility index (Phi) is 17.3. The summed E-state index contributed by atoms with van der Waals surface area (Å²) in [6.07, 6.45) is 10.2. The molecule has 0 bridgehead atoms. The second-order valence-electron chi connectivity index (χ2n) is 18.1. The van der Waals surface area contributed by atoms with Crippen LogP contribution in [0.1, 0.15) is 109 Å². The van der Waals surface area contributed by atoms with Crippen LogP contribution < -0.4 is 10.6 Å². The average molecular weight is 862 g/mol. The van der Waals surface area contributed by atoms with Crippen LogP contribution in [-0.4, -0.2) is 126 Å². The minimum atomic E-state index is -1.41. The van der Waals surface area contributed by atoms with E-state index in [1.54, 1.807) is 33.2 Å². The lowest BCUT2D eigenvalue weighted by molar-refractivity contribution is -0.150. The number of nitrogens with one attached hydrogen (secondary N) is 4. The number of likely N-dealkylation sites (N-methyl/N-ethyl adjacent to an activating group) is 1. The van der Waals surface area contributed by atoms with Crippen molar-refractivity contribution >= 4 is 29.9 Å². The zero-order valence-electron chi connectivity index (χ0n) is 37.2. The van der Waals surface area contributed by atoms with E-state index in [1.807, 2.05) is 30.3 Å². The van der Waals surface area contributed by atoms with Crippen LogP contribution in [0.2, 0.25) is 0 Å². The first kappa shape index (κ1) is 47.6. The molecule has 1 aliphatic carbocycles. The Bertz CT molecular complexity index is 1860. The fourth-order valence-electron chi connectivity index (χ4n) is 8.13. The first-order valence-corrected chi connectivity index (χ1v) is 22.1. The number of nitrogens with zero attached hydrogens (tertiary/aromatic N) is 5. The standard InChI is InChI=1S/C45H67N9O8/c1-30(2)18-19-38(55)35(22-31-14-9-7-10-15-31)50-40(56)37(25-34-27-47-29-49-34)52(6)42(58)39(23-32-16-11-8-12-17-32)61-44(60)54-21-13-20-53(54)41(57)36(24-33-26-46-28-48-33)51-43(59)62-45(3,4)5/h8,11-12,16-17,26-31,35-39,55H,7,9-10,13-15,18-25H2,1-6H3,(H,46,48)(H,47,49)(H,50,56)(H,51,59)/t35-,36-,37-,38-,39-/m0/s1. The second kappa shape index (κ2) is 22.6. The van der Waals surface area contributed by atoms with Crippen LogP contribution in [-0.2, 0) is 43.1 Å². The number of hydrogen-bond acceptors (Lipinski definition) is 10. The number of H-pyrrole nitrogens is 2. The van der Waals surface area contributed by atoms with E-state index in [0.717, 1.165) is 37.1 Å². The van der Waals surface area contributed by atoms with Crippen molar-refractivity contribution in [2.24, 2.45) is 11.8 Å². The van der Waals surface area contributed by atoms with Gasteiger partial charge in [-0.2, -0.15) is 0 Å². The quantitative estimate of drug-likeness (QED) is 0.108. The van der Waals surface area contributed by atoms with Crippen molar-refractivity contribution in [2.45, 2.75) is 148 Å². The van der Waals surface area contributed by atoms with Crippen molar-refractivity contribution in [1.82, 2.24) is 45.5 Å². The summed E-state index contributed by atoms with van der Waals surface area (Å²) in [4.78, 5) is 86.2. The lowest BCUT2D eigenvalue weighted by atomic mass is 9.83. The maximum atomic E-state index is 14.7. The predicted octanol–water partition coefficient (Wildman–Crippen LogP) is 5.09. The Labute approximate surface area is 365 Å². The Balaban J connectivity index is 1.38. The maximum absolute atomic E-state index is 14.7. The summed E-state index contributed by atoms with van der Waals surface area (Å²) in [6, 6.07) is 6.32. The number of ether oxygens (including phenoxy) is 2. The summed E-state index contributed by atoms with van der Waals surface area (Å²) in [5.41, 5.74) is 0.921. The van der Waals surface area contributed by atoms with Gasteiger partial charge in [-0.25, -0.2) is 29.6 Å². The van der Waals surface area contributed by atoms with E-state index in [4.69, 9.17) is 9.47 Å². The third kappa shape index (κ3) is 14.3. The van der Waals surface area contributed by atoms with Crippen molar-refractivity contribution in [3.63, 3.8) is 0 Å². The van der Waals surface area contributed by atoms with Crippen LogP contribution in [0.25, 0.3) is 0 Å². The summed E-state index contributed by atoms with van der Waals surface area (Å²) in [6.45, 7) is 9.58. The van der Waals surface area contributed by atoms with E-state index in [-0.39, 0.29) is 32.4 Å². The van der Waals surface area contributed by atoms with Gasteiger partial charge in [0.15, 0.2) is 6.10 Å². The number of imidazole rings is 2. The van der Waals surface area contributed by atoms with E-state index in [9.17, 15) is 29.1 Å². The number of aromatic amines is 2. The molecule has 3 aromatic rings. The molecule has 2 fully saturated rings. The fourth-order valence-corrected chi connectivity index (χ4v) is 8.13. The Morgan fingerprint density at radius 2 is 1.52 bits per heavy atom. The van der Waals surface area contributed by atoms with Gasteiger partial charge in [0.1, 0.15) is 17.7 Å². The van der Waals surface area contributed by atoms with E-state index < -0.39 is 65.8 Å². The lowest BCUT2D eigenvalue weighted by Gasteiger charge is -2.35. The number of carbonyl (C=O) groups is 5. The highest BCUT2D eigenvalue weighted by molar-refractivity contribution is 5.91. The third-order valence-electron chi connectivity index (χ3n) is 11.5. The molecule has 1 aliphatic heterocycles. The number of hydrogen-bond donors (Lipinski definition) is 5. The molecule has 0 radical (unpaired) electrons. The molecule has 5 rings (SSSR count). The molecule has 1 saturated heterocycles. The number of alkyl carbamates (subject to hydrolysis) is 1. The molecule has 2 aromatic heterocycles. The largest absolute Gasteiger partial charge is 0.444 e. The van der Waals surface area contributed by atoms with Crippen LogP contribution in [0.5, 0.6) is 0 Å². The van der Waals surface area contributed by atoms with Gasteiger partial charge in [-0.15, -0.1) is 0 Å². The SMILES string of the molecule is CC(C)CC[C@H](O)[C@H](CC1CCCCC1)NC(=O)[C@H](Cc1c[nH]cn1)N(C)C(=O)[C@H](Cc1ccccc1)OC(=O)N1CCCN1C(=O)[C@H](Cc1c[nH]cn1)NC(=O)OC(C)(C)C.